The number of rotatable bonds is 5. The van der Waals surface area contributed by atoms with Gasteiger partial charge in [0.05, 0.1) is 9.82 Å². The molecule has 0 radical (unpaired) electrons. The number of benzene rings is 2. The van der Waals surface area contributed by atoms with Crippen molar-refractivity contribution in [2.45, 2.75) is 10.7 Å². The maximum Gasteiger partial charge on any atom is 0.341 e. The van der Waals surface area contributed by atoms with Crippen LogP contribution in [0.25, 0.3) is 0 Å². The Morgan fingerprint density at radius 3 is 2.00 bits per heavy atom. The second-order valence-corrected chi connectivity index (χ2v) is 8.30. The van der Waals surface area contributed by atoms with Crippen molar-refractivity contribution in [1.29, 1.82) is 0 Å². The van der Waals surface area contributed by atoms with Crippen LogP contribution in [0.1, 0.15) is 10.4 Å². The Kier molecular flexibility index (Phi) is 5.78. The van der Waals surface area contributed by atoms with Crippen LogP contribution in [0.5, 0.6) is 0 Å². The molecule has 3 rings (SSSR count). The standard InChI is InChI=1S/C18H17F2N3O5S/c19-18(20)29(27,28)16-7-5-14(6-8-16)21-9-11-22(12-10-21)17(24)13-1-3-15(4-2-13)23(25)26/h1-8,18H,9-12H2. The zero-order valence-corrected chi connectivity index (χ0v) is 15.9. The Morgan fingerprint density at radius 2 is 1.52 bits per heavy atom. The largest absolute Gasteiger partial charge is 0.368 e. The van der Waals surface area contributed by atoms with Crippen molar-refractivity contribution in [3.8, 4) is 0 Å². The number of amides is 1. The number of carbonyl (C=O) groups is 1. The van der Waals surface area contributed by atoms with Crippen LogP contribution in [0.4, 0.5) is 20.2 Å². The molecule has 2 aromatic rings. The van der Waals surface area contributed by atoms with Crippen LogP contribution in [0.15, 0.2) is 53.4 Å². The molecular formula is C18H17F2N3O5S. The molecule has 154 valence electrons. The Balaban J connectivity index is 1.63. The molecule has 29 heavy (non-hydrogen) atoms. The van der Waals surface area contributed by atoms with Crippen LogP contribution in [0, 0.1) is 10.1 Å². The molecular weight excluding hydrogens is 408 g/mol. The normalized spacial score (nSPS) is 14.9. The highest BCUT2D eigenvalue weighted by Gasteiger charge is 2.27. The maximum atomic E-state index is 12.6. The van der Waals surface area contributed by atoms with Crippen molar-refractivity contribution < 1.29 is 26.9 Å². The summed E-state index contributed by atoms with van der Waals surface area (Å²) in [5.74, 6) is -3.71. The molecule has 0 atom stereocenters. The number of carbonyl (C=O) groups excluding carboxylic acids is 1. The smallest absolute Gasteiger partial charge is 0.341 e. The lowest BCUT2D eigenvalue weighted by Gasteiger charge is -2.36. The van der Waals surface area contributed by atoms with Gasteiger partial charge in [-0.05, 0) is 36.4 Å². The van der Waals surface area contributed by atoms with Gasteiger partial charge in [0.1, 0.15) is 0 Å². The summed E-state index contributed by atoms with van der Waals surface area (Å²) in [5, 5.41) is 10.7. The summed E-state index contributed by atoms with van der Waals surface area (Å²) in [6, 6.07) is 10.6. The predicted molar refractivity (Wildman–Crippen MR) is 101 cm³/mol. The number of nitrogens with zero attached hydrogens (tertiary/aromatic N) is 3. The first-order valence-electron chi connectivity index (χ1n) is 8.61. The van der Waals surface area contributed by atoms with Crippen molar-refractivity contribution in [3.05, 3.63) is 64.2 Å². The second kappa shape index (κ2) is 8.11. The number of nitro groups is 1. The Labute approximate surface area is 165 Å². The van der Waals surface area contributed by atoms with Gasteiger partial charge in [0.2, 0.25) is 9.84 Å². The monoisotopic (exact) mass is 425 g/mol. The Morgan fingerprint density at radius 1 is 0.966 bits per heavy atom. The van der Waals surface area contributed by atoms with Crippen molar-refractivity contribution in [3.63, 3.8) is 0 Å². The van der Waals surface area contributed by atoms with Crippen LogP contribution >= 0.6 is 0 Å². The average Bonchev–Trinajstić information content (AvgIpc) is 2.73. The molecule has 1 heterocycles. The number of nitro benzene ring substituents is 1. The molecule has 1 aliphatic heterocycles. The molecule has 2 aromatic carbocycles. The van der Waals surface area contributed by atoms with E-state index in [1.165, 1.54) is 36.4 Å². The predicted octanol–water partition coefficient (Wildman–Crippen LogP) is 2.55. The zero-order valence-electron chi connectivity index (χ0n) is 15.1. The minimum absolute atomic E-state index is 0.0938. The summed E-state index contributed by atoms with van der Waals surface area (Å²) in [5.41, 5.74) is 0.926. The van der Waals surface area contributed by atoms with Gasteiger partial charge < -0.3 is 9.80 Å². The lowest BCUT2D eigenvalue weighted by molar-refractivity contribution is -0.384. The van der Waals surface area contributed by atoms with Gasteiger partial charge in [0, 0.05) is 49.6 Å². The van der Waals surface area contributed by atoms with Gasteiger partial charge >= 0.3 is 5.76 Å². The number of sulfone groups is 1. The summed E-state index contributed by atoms with van der Waals surface area (Å²) in [4.78, 5) is 25.8. The summed E-state index contributed by atoms with van der Waals surface area (Å²) < 4.78 is 48.2. The maximum absolute atomic E-state index is 12.6. The number of halogens is 2. The Hall–Kier alpha value is -3.08. The number of piperazine rings is 1. The molecule has 0 aliphatic carbocycles. The van der Waals surface area contributed by atoms with E-state index >= 15 is 0 Å². The van der Waals surface area contributed by atoms with Crippen LogP contribution in [-0.4, -0.2) is 56.1 Å². The lowest BCUT2D eigenvalue weighted by atomic mass is 10.1. The van der Waals surface area contributed by atoms with Gasteiger partial charge in [0.25, 0.3) is 11.6 Å². The average molecular weight is 425 g/mol. The lowest BCUT2D eigenvalue weighted by Crippen LogP contribution is -2.48. The topological polar surface area (TPSA) is 101 Å². The van der Waals surface area contributed by atoms with Crippen molar-refractivity contribution in [2.24, 2.45) is 0 Å². The fourth-order valence-corrected chi connectivity index (χ4v) is 3.75. The quantitative estimate of drug-likeness (QED) is 0.539. The van der Waals surface area contributed by atoms with Gasteiger partial charge in [0.15, 0.2) is 0 Å². The van der Waals surface area contributed by atoms with Crippen LogP contribution < -0.4 is 4.90 Å². The molecule has 8 nitrogen and oxygen atoms in total. The van der Waals surface area contributed by atoms with Gasteiger partial charge in [-0.1, -0.05) is 0 Å². The molecule has 0 aromatic heterocycles. The molecule has 0 bridgehead atoms. The molecule has 1 amide bonds. The summed E-state index contributed by atoms with van der Waals surface area (Å²) in [6.07, 6.45) is 0. The van der Waals surface area contributed by atoms with E-state index in [2.05, 4.69) is 0 Å². The first-order chi connectivity index (χ1) is 13.7. The van der Waals surface area contributed by atoms with E-state index in [1.807, 2.05) is 4.90 Å². The van der Waals surface area contributed by atoms with E-state index in [-0.39, 0.29) is 11.6 Å². The SMILES string of the molecule is O=C(c1ccc([N+](=O)[O-])cc1)N1CCN(c2ccc(S(=O)(=O)C(F)F)cc2)CC1. The van der Waals surface area contributed by atoms with Crippen LogP contribution in [0.3, 0.4) is 0 Å². The van der Waals surface area contributed by atoms with Crippen LogP contribution in [-0.2, 0) is 9.84 Å². The fourth-order valence-electron chi connectivity index (χ4n) is 3.03. The number of hydrogen-bond acceptors (Lipinski definition) is 6. The van der Waals surface area contributed by atoms with E-state index in [1.54, 1.807) is 4.90 Å². The molecule has 1 fully saturated rings. The van der Waals surface area contributed by atoms with E-state index in [9.17, 15) is 32.1 Å². The highest BCUT2D eigenvalue weighted by molar-refractivity contribution is 7.91. The first-order valence-corrected chi connectivity index (χ1v) is 10.2. The number of hydrogen-bond donors (Lipinski definition) is 0. The van der Waals surface area contributed by atoms with Gasteiger partial charge in [-0.3, -0.25) is 14.9 Å². The summed E-state index contributed by atoms with van der Waals surface area (Å²) >= 11 is 0. The molecule has 11 heteroatoms. The van der Waals surface area contributed by atoms with E-state index in [4.69, 9.17) is 0 Å². The van der Waals surface area contributed by atoms with Gasteiger partial charge in [-0.2, -0.15) is 8.78 Å². The number of non-ortho nitro benzene ring substituents is 1. The molecule has 1 aliphatic rings. The number of anilines is 1. The summed E-state index contributed by atoms with van der Waals surface area (Å²) in [6.45, 7) is 1.74. The van der Waals surface area contributed by atoms with E-state index in [0.29, 0.717) is 37.4 Å². The molecule has 0 unspecified atom stereocenters. The van der Waals surface area contributed by atoms with Gasteiger partial charge in [-0.15, -0.1) is 0 Å². The minimum atomic E-state index is -4.63. The zero-order chi connectivity index (χ0) is 21.2. The first kappa shape index (κ1) is 20.6. The molecule has 0 N–H and O–H groups in total. The third-order valence-electron chi connectivity index (χ3n) is 4.66. The highest BCUT2D eigenvalue weighted by atomic mass is 32.2. The molecule has 1 saturated heterocycles. The van der Waals surface area contributed by atoms with E-state index in [0.717, 1.165) is 12.1 Å². The van der Waals surface area contributed by atoms with Crippen molar-refractivity contribution in [2.75, 3.05) is 31.1 Å². The fraction of sp³-hybridized carbons (Fsp3) is 0.278. The summed E-state index contributed by atoms with van der Waals surface area (Å²) in [7, 11) is -4.63. The highest BCUT2D eigenvalue weighted by Crippen LogP contribution is 2.23. The molecule has 0 spiro atoms. The number of alkyl halides is 2. The minimum Gasteiger partial charge on any atom is -0.368 e. The third-order valence-corrected chi connectivity index (χ3v) is 6.06. The van der Waals surface area contributed by atoms with Gasteiger partial charge in [-0.25, -0.2) is 8.42 Å². The third kappa shape index (κ3) is 4.34. The van der Waals surface area contributed by atoms with Crippen molar-refractivity contribution in [1.82, 2.24) is 4.90 Å². The van der Waals surface area contributed by atoms with E-state index < -0.39 is 25.4 Å². The Bertz CT molecular complexity index is 1000. The second-order valence-electron chi connectivity index (χ2n) is 6.38. The van der Waals surface area contributed by atoms with Crippen LogP contribution in [0.2, 0.25) is 0 Å². The molecule has 0 saturated carbocycles. The van der Waals surface area contributed by atoms with Crippen molar-refractivity contribution >= 4 is 27.1 Å².